The van der Waals surface area contributed by atoms with E-state index in [1.54, 1.807) is 7.11 Å². The number of aldehydes is 1. The van der Waals surface area contributed by atoms with E-state index in [0.717, 1.165) is 56.5 Å². The van der Waals surface area contributed by atoms with Crippen LogP contribution in [0.4, 0.5) is 0 Å². The average molecular weight is 1210 g/mol. The summed E-state index contributed by atoms with van der Waals surface area (Å²) in [6.45, 7) is 27.6. The zero-order valence-corrected chi connectivity index (χ0v) is 57.4. The van der Waals surface area contributed by atoms with Gasteiger partial charge in [-0.05, 0) is 94.6 Å². The molecule has 7 aromatic rings. The van der Waals surface area contributed by atoms with Gasteiger partial charge in [-0.15, -0.1) is 12.3 Å². The van der Waals surface area contributed by atoms with Crippen LogP contribution >= 0.6 is 0 Å². The number of carbonyl (C=O) groups is 1. The van der Waals surface area contributed by atoms with E-state index >= 15 is 4.79 Å². The van der Waals surface area contributed by atoms with Crippen LogP contribution in [0.3, 0.4) is 0 Å². The topological polar surface area (TPSA) is 63.2 Å². The van der Waals surface area contributed by atoms with Crippen molar-refractivity contribution < 1.29 is 27.2 Å². The van der Waals surface area contributed by atoms with Crippen molar-refractivity contribution in [2.75, 3.05) is 13.7 Å². The highest BCUT2D eigenvalue weighted by molar-refractivity contribution is 7.01. The van der Waals surface area contributed by atoms with Gasteiger partial charge in [0.05, 0.1) is 13.2 Å². The molecule has 448 valence electrons. The van der Waals surface area contributed by atoms with Crippen molar-refractivity contribution in [2.45, 2.75) is 153 Å². The molecule has 0 aliphatic heterocycles. The molecule has 0 amide bonds. The number of ether oxygens (including phenoxy) is 1. The summed E-state index contributed by atoms with van der Waals surface area (Å²) in [7, 11) is -10.9. The summed E-state index contributed by atoms with van der Waals surface area (Å²) >= 11 is 0. The third-order valence-electron chi connectivity index (χ3n) is 18.3. The molecule has 0 heterocycles. The highest BCUT2D eigenvalue weighted by atomic mass is 28.4. The minimum absolute atomic E-state index is 0.165. The molecule has 10 heteroatoms. The monoisotopic (exact) mass is 1210 g/mol. The Morgan fingerprint density at radius 2 is 0.942 bits per heavy atom. The molecular weight excluding hydrogens is 1120 g/mol. The van der Waals surface area contributed by atoms with E-state index in [1.807, 2.05) is 24.3 Å². The maximum atomic E-state index is 15.3. The van der Waals surface area contributed by atoms with Gasteiger partial charge in [0, 0.05) is 30.9 Å². The SMILES string of the molecule is C#CCC(C#CC1=C[C@@H](O[Si](c2ccccc2)(c2ccccc2)C(C)(C)C)C[C@@]1(C=O)O[Si](c1ccccc1)(c1ccccc1)C(C)(C)C)(O[Si](CC)(CC)CC)[C@H](CO[Si](c1ccccc1)(c1ccccc1)C(C)(C)C)Cc1ccc(OC)cc1. The van der Waals surface area contributed by atoms with E-state index in [-0.39, 0.29) is 29.5 Å². The number of benzene rings is 7. The fourth-order valence-electron chi connectivity index (χ4n) is 13.6. The predicted octanol–water partition coefficient (Wildman–Crippen LogP) is 14.0. The summed E-state index contributed by atoms with van der Waals surface area (Å²) < 4.78 is 38.2. The van der Waals surface area contributed by atoms with Crippen LogP contribution in [0.15, 0.2) is 218 Å². The van der Waals surface area contributed by atoms with Crippen LogP contribution in [-0.2, 0) is 28.9 Å². The quantitative estimate of drug-likeness (QED) is 0.0341. The van der Waals surface area contributed by atoms with E-state index < -0.39 is 61.5 Å². The molecule has 0 aromatic heterocycles. The molecule has 7 aromatic carbocycles. The molecule has 4 atom stereocenters. The molecule has 1 aliphatic rings. The molecule has 6 nitrogen and oxygen atoms in total. The third-order valence-corrected chi connectivity index (χ3v) is 38.1. The number of methoxy groups -OCH3 is 1. The molecule has 1 aliphatic carbocycles. The fraction of sp³-hybridized carbons (Fsp3) is 0.355. The van der Waals surface area contributed by atoms with Crippen molar-refractivity contribution in [3.63, 3.8) is 0 Å². The van der Waals surface area contributed by atoms with E-state index in [0.29, 0.717) is 12.0 Å². The zero-order chi connectivity index (χ0) is 61.9. The lowest BCUT2D eigenvalue weighted by molar-refractivity contribution is -0.119. The summed E-state index contributed by atoms with van der Waals surface area (Å²) in [5.41, 5.74) is -1.28. The molecule has 0 saturated heterocycles. The molecule has 0 spiro atoms. The Morgan fingerprint density at radius 1 is 0.558 bits per heavy atom. The van der Waals surface area contributed by atoms with Crippen LogP contribution < -0.4 is 35.9 Å². The van der Waals surface area contributed by atoms with E-state index in [2.05, 4.69) is 289 Å². The average Bonchev–Trinajstić information content (AvgIpc) is 1.31. The Balaban J connectivity index is 1.45. The molecule has 0 fully saturated rings. The van der Waals surface area contributed by atoms with Crippen molar-refractivity contribution in [1.82, 2.24) is 0 Å². The largest absolute Gasteiger partial charge is 0.497 e. The molecular formula is C76H92O6Si4. The normalized spacial score (nSPS) is 17.1. The lowest BCUT2D eigenvalue weighted by Gasteiger charge is -2.48. The van der Waals surface area contributed by atoms with E-state index in [9.17, 15) is 0 Å². The Labute approximate surface area is 520 Å². The van der Waals surface area contributed by atoms with Gasteiger partial charge in [0.25, 0.3) is 25.0 Å². The Morgan fingerprint density at radius 3 is 1.29 bits per heavy atom. The first-order valence-corrected chi connectivity index (χ1v) is 39.2. The fourth-order valence-corrected chi connectivity index (χ4v) is 30.5. The minimum atomic E-state index is -3.51. The van der Waals surface area contributed by atoms with Crippen molar-refractivity contribution in [1.29, 1.82) is 0 Å². The van der Waals surface area contributed by atoms with Crippen molar-refractivity contribution >= 4 is 70.7 Å². The highest BCUT2D eigenvalue weighted by Crippen LogP contribution is 2.48. The van der Waals surface area contributed by atoms with Gasteiger partial charge in [0.2, 0.25) is 0 Å². The van der Waals surface area contributed by atoms with Crippen molar-refractivity contribution in [3.8, 4) is 29.9 Å². The summed E-state index contributed by atoms with van der Waals surface area (Å²) in [5, 5.41) is 5.55. The standard InChI is InChI=1S/C76H92O6Si4/c1-15-54-75(81-83(16-2,17-3)18-4,63(56-61-49-51-64(78-14)52-50-61)59-79-84(72(5,6)7,66-37-25-19-26-38-66)67-39-27-20-28-40-67)55-53-62-57-65(80-85(73(8,9)10,68-41-29-21-30-42-68)69-43-31-22-32-44-69)58-76(62,60-77)82-86(74(11,12)13,70-45-33-23-34-46-70)71-47-35-24-36-48-71/h1,19-52,57,60,63,65H,16-18,54,56,58-59H2,2-14H3/t63-,65+,75?,76-/m0/s1. The number of hydrogen-bond acceptors (Lipinski definition) is 6. The van der Waals surface area contributed by atoms with E-state index in [4.69, 9.17) is 28.9 Å². The lowest BCUT2D eigenvalue weighted by Crippen LogP contribution is -2.70. The van der Waals surface area contributed by atoms with Crippen LogP contribution in [0.2, 0.25) is 33.2 Å². The molecule has 86 heavy (non-hydrogen) atoms. The van der Waals surface area contributed by atoms with Gasteiger partial charge in [-0.2, -0.15) is 0 Å². The zero-order valence-electron chi connectivity index (χ0n) is 53.4. The van der Waals surface area contributed by atoms with Crippen LogP contribution in [0.25, 0.3) is 0 Å². The van der Waals surface area contributed by atoms with Gasteiger partial charge in [-0.1, -0.05) is 289 Å². The number of terminal acetylenes is 1. The molecule has 0 saturated carbocycles. The number of hydrogen-bond donors (Lipinski definition) is 0. The summed E-state index contributed by atoms with van der Waals surface area (Å²) in [6.07, 6.45) is 10.2. The second-order valence-corrected chi connectivity index (χ2v) is 43.9. The number of carbonyl (C=O) groups excluding carboxylic acids is 1. The third kappa shape index (κ3) is 13.1. The first kappa shape index (κ1) is 65.6. The summed E-state index contributed by atoms with van der Waals surface area (Å²) in [4.78, 5) is 15.3. The molecule has 8 rings (SSSR count). The number of rotatable bonds is 24. The van der Waals surface area contributed by atoms with Crippen molar-refractivity contribution in [3.05, 3.63) is 223 Å². The van der Waals surface area contributed by atoms with Crippen molar-refractivity contribution in [2.24, 2.45) is 5.92 Å². The van der Waals surface area contributed by atoms with Gasteiger partial charge < -0.3 is 22.4 Å². The Kier molecular flexibility index (Phi) is 20.8. The van der Waals surface area contributed by atoms with E-state index in [1.165, 1.54) is 10.4 Å². The second-order valence-electron chi connectivity index (χ2n) is 26.5. The smallest absolute Gasteiger partial charge is 0.262 e. The van der Waals surface area contributed by atoms with Crippen LogP contribution in [0.1, 0.15) is 101 Å². The van der Waals surface area contributed by atoms with Crippen LogP contribution in [-0.4, -0.2) is 70.6 Å². The predicted molar refractivity (Wildman–Crippen MR) is 369 cm³/mol. The minimum Gasteiger partial charge on any atom is -0.497 e. The lowest BCUT2D eigenvalue weighted by atomic mass is 9.81. The highest BCUT2D eigenvalue weighted by Gasteiger charge is 2.60. The molecule has 1 unspecified atom stereocenters. The first-order chi connectivity index (χ1) is 41.1. The maximum Gasteiger partial charge on any atom is 0.262 e. The van der Waals surface area contributed by atoms with Gasteiger partial charge >= 0.3 is 0 Å². The van der Waals surface area contributed by atoms with Gasteiger partial charge in [-0.3, -0.25) is 4.79 Å². The van der Waals surface area contributed by atoms with Crippen LogP contribution in [0.5, 0.6) is 5.75 Å². The Bertz CT molecular complexity index is 3300. The van der Waals surface area contributed by atoms with Crippen LogP contribution in [0, 0.1) is 30.1 Å². The first-order valence-electron chi connectivity index (χ1n) is 30.9. The van der Waals surface area contributed by atoms with Gasteiger partial charge in [0.1, 0.15) is 17.0 Å². The van der Waals surface area contributed by atoms with Gasteiger partial charge in [-0.25, -0.2) is 0 Å². The summed E-state index contributed by atoms with van der Waals surface area (Å²) in [6, 6.07) is 75.0. The molecule has 0 N–H and O–H groups in total. The second kappa shape index (κ2) is 27.3. The Hall–Kier alpha value is -6.42. The summed E-state index contributed by atoms with van der Waals surface area (Å²) in [5.74, 6) is 11.4. The van der Waals surface area contributed by atoms with Gasteiger partial charge in [0.15, 0.2) is 14.6 Å². The molecule has 0 bridgehead atoms. The maximum absolute atomic E-state index is 15.3. The molecule has 0 radical (unpaired) electrons.